The van der Waals surface area contributed by atoms with E-state index in [1.807, 2.05) is 0 Å². The number of aliphatic hydroxyl groups is 1. The third-order valence-electron chi connectivity index (χ3n) is 7.95. The Labute approximate surface area is 253 Å². The molecule has 2 aliphatic rings. The van der Waals surface area contributed by atoms with Gasteiger partial charge >= 0.3 is 6.18 Å². The van der Waals surface area contributed by atoms with E-state index in [4.69, 9.17) is 15.2 Å². The van der Waals surface area contributed by atoms with Gasteiger partial charge in [-0.15, -0.1) is 0 Å². The molecule has 0 spiro atoms. The molecule has 0 bridgehead atoms. The number of aromatic nitrogens is 2. The number of nitrogens with zero attached hydrogens (tertiary/aromatic N) is 2. The molecule has 1 amide bonds. The molecule has 0 saturated heterocycles. The van der Waals surface area contributed by atoms with Gasteiger partial charge in [0.25, 0.3) is 11.6 Å². The van der Waals surface area contributed by atoms with E-state index in [-0.39, 0.29) is 28.7 Å². The van der Waals surface area contributed by atoms with E-state index in [1.54, 1.807) is 19.2 Å². The summed E-state index contributed by atoms with van der Waals surface area (Å²) >= 11 is 0. The molecule has 2 aromatic heterocycles. The molecular weight excluding hydrogens is 601 g/mol. The van der Waals surface area contributed by atoms with Gasteiger partial charge in [0.05, 0.1) is 11.8 Å². The van der Waals surface area contributed by atoms with Gasteiger partial charge in [-0.05, 0) is 80.3 Å². The lowest BCUT2D eigenvalue weighted by atomic mass is 9.86. The van der Waals surface area contributed by atoms with Crippen molar-refractivity contribution in [3.63, 3.8) is 0 Å². The maximum Gasteiger partial charge on any atom is 0.422 e. The first-order valence-electron chi connectivity index (χ1n) is 14.0. The number of carbonyl (C=O) groups excluding carboxylic acids is 2. The Morgan fingerprint density at radius 2 is 1.84 bits per heavy atom. The molecule has 13 heteroatoms. The van der Waals surface area contributed by atoms with Crippen molar-refractivity contribution in [3.05, 3.63) is 82.9 Å². The molecule has 3 heterocycles. The number of halogens is 5. The summed E-state index contributed by atoms with van der Waals surface area (Å²) in [4.78, 5) is 33.8. The summed E-state index contributed by atoms with van der Waals surface area (Å²) in [5.41, 5.74) is -2.36. The number of benzene rings is 2. The molecule has 4 aromatic rings. The number of ketones is 1. The molecule has 1 fully saturated rings. The maximum atomic E-state index is 15.8. The van der Waals surface area contributed by atoms with Gasteiger partial charge < -0.3 is 20.3 Å². The SMILES string of the molecule is Cc1cnc2c(OC3CC3)cc(C(=O)CC[C@](O)(c3cc4c(c(-c5ccc(F)cc5)n3)OC[C@]4(F)C(N)=O)C(F)(F)F)cc2c1. The van der Waals surface area contributed by atoms with E-state index < -0.39 is 65.7 Å². The molecule has 8 nitrogen and oxygen atoms in total. The van der Waals surface area contributed by atoms with Crippen LogP contribution < -0.4 is 15.2 Å². The average molecular weight is 628 g/mol. The minimum Gasteiger partial charge on any atom is -0.488 e. The molecule has 45 heavy (non-hydrogen) atoms. The summed E-state index contributed by atoms with van der Waals surface area (Å²) in [5, 5.41) is 11.8. The number of primary amides is 1. The Bertz CT molecular complexity index is 1840. The van der Waals surface area contributed by atoms with Gasteiger partial charge in [-0.3, -0.25) is 14.6 Å². The number of fused-ring (bicyclic) bond motifs is 2. The van der Waals surface area contributed by atoms with Crippen molar-refractivity contribution in [2.45, 2.75) is 56.2 Å². The molecule has 0 radical (unpaired) electrons. The van der Waals surface area contributed by atoms with E-state index in [2.05, 4.69) is 9.97 Å². The van der Waals surface area contributed by atoms with Crippen LogP contribution in [0, 0.1) is 12.7 Å². The first-order valence-corrected chi connectivity index (χ1v) is 14.0. The number of ether oxygens (including phenoxy) is 2. The van der Waals surface area contributed by atoms with E-state index in [1.165, 1.54) is 24.3 Å². The molecule has 2 atom stereocenters. The third kappa shape index (κ3) is 5.45. The van der Waals surface area contributed by atoms with Crippen LogP contribution in [0.2, 0.25) is 0 Å². The highest BCUT2D eigenvalue weighted by Crippen LogP contribution is 2.49. The van der Waals surface area contributed by atoms with Crippen LogP contribution in [-0.2, 0) is 16.1 Å². The third-order valence-corrected chi connectivity index (χ3v) is 7.95. The molecule has 1 aliphatic heterocycles. The summed E-state index contributed by atoms with van der Waals surface area (Å²) < 4.78 is 84.7. The lowest BCUT2D eigenvalue weighted by molar-refractivity contribution is -0.270. The van der Waals surface area contributed by atoms with Crippen molar-refractivity contribution < 1.29 is 46.1 Å². The standard InChI is InChI=1S/C32H26F5N3O5/c1-16-10-19-11-18(12-24(26(19)39-14-16)45-21-6-7-21)23(41)8-9-31(43,32(35,36)37)25-13-22-28(44-15-30(22,34)29(38)42)27(40-25)17-2-4-20(33)5-3-17/h2-5,10-14,21,43H,6-9,15H2,1H3,(H2,38,42)/t30-,31+/m1/s1. The Morgan fingerprint density at radius 3 is 2.49 bits per heavy atom. The van der Waals surface area contributed by atoms with Crippen LogP contribution in [-0.4, -0.2) is 45.7 Å². The number of aryl methyl sites for hydroxylation is 1. The van der Waals surface area contributed by atoms with Crippen LogP contribution in [0.1, 0.15) is 52.9 Å². The van der Waals surface area contributed by atoms with Crippen LogP contribution in [0.15, 0.2) is 54.7 Å². The number of Topliss-reactive ketones (excluding diaryl/α,β-unsaturated/α-hetero) is 1. The van der Waals surface area contributed by atoms with Crippen LogP contribution in [0.4, 0.5) is 22.0 Å². The second-order valence-corrected chi connectivity index (χ2v) is 11.4. The summed E-state index contributed by atoms with van der Waals surface area (Å²) in [6.07, 6.45) is -4.20. The van der Waals surface area contributed by atoms with E-state index >= 15 is 4.39 Å². The Balaban J connectivity index is 1.40. The number of nitrogens with two attached hydrogens (primary N) is 1. The first-order chi connectivity index (χ1) is 21.2. The van der Waals surface area contributed by atoms with Crippen LogP contribution in [0.3, 0.4) is 0 Å². The van der Waals surface area contributed by atoms with Gasteiger partial charge in [0, 0.05) is 34.7 Å². The van der Waals surface area contributed by atoms with Crippen LogP contribution in [0.5, 0.6) is 11.5 Å². The van der Waals surface area contributed by atoms with Gasteiger partial charge in [-0.25, -0.2) is 13.8 Å². The van der Waals surface area contributed by atoms with Crippen molar-refractivity contribution in [1.82, 2.24) is 9.97 Å². The van der Waals surface area contributed by atoms with Crippen molar-refractivity contribution in [3.8, 4) is 22.8 Å². The smallest absolute Gasteiger partial charge is 0.422 e. The highest BCUT2D eigenvalue weighted by atomic mass is 19.4. The number of rotatable bonds is 9. The fourth-order valence-electron chi connectivity index (χ4n) is 5.24. The predicted molar refractivity (Wildman–Crippen MR) is 151 cm³/mol. The quantitative estimate of drug-likeness (QED) is 0.179. The van der Waals surface area contributed by atoms with Crippen molar-refractivity contribution >= 4 is 22.6 Å². The zero-order valence-electron chi connectivity index (χ0n) is 23.8. The average Bonchev–Trinajstić information content (AvgIpc) is 3.74. The van der Waals surface area contributed by atoms with Crippen molar-refractivity contribution in [2.24, 2.45) is 5.73 Å². The lowest BCUT2D eigenvalue weighted by Crippen LogP contribution is -2.44. The number of amides is 1. The van der Waals surface area contributed by atoms with E-state index in [9.17, 15) is 32.3 Å². The largest absolute Gasteiger partial charge is 0.488 e. The monoisotopic (exact) mass is 627 g/mol. The number of carbonyl (C=O) groups is 2. The topological polar surface area (TPSA) is 125 Å². The van der Waals surface area contributed by atoms with E-state index in [0.717, 1.165) is 30.5 Å². The molecule has 3 N–H and O–H groups in total. The van der Waals surface area contributed by atoms with Gasteiger partial charge in [-0.2, -0.15) is 13.2 Å². The Kier molecular flexibility index (Phi) is 7.26. The molecule has 1 aliphatic carbocycles. The second kappa shape index (κ2) is 10.8. The maximum absolute atomic E-state index is 15.8. The Morgan fingerprint density at radius 1 is 1.13 bits per heavy atom. The van der Waals surface area contributed by atoms with E-state index in [0.29, 0.717) is 22.7 Å². The first kappa shape index (κ1) is 30.4. The fraction of sp³-hybridized carbons (Fsp3) is 0.312. The summed E-state index contributed by atoms with van der Waals surface area (Å²) in [7, 11) is 0. The molecule has 6 rings (SSSR count). The molecule has 1 saturated carbocycles. The number of pyridine rings is 2. The van der Waals surface area contributed by atoms with Gasteiger partial charge in [-0.1, -0.05) is 0 Å². The summed E-state index contributed by atoms with van der Waals surface area (Å²) in [6, 6.07) is 9.58. The zero-order valence-corrected chi connectivity index (χ0v) is 23.8. The zero-order chi connectivity index (χ0) is 32.3. The normalized spacial score (nSPS) is 19.1. The van der Waals surface area contributed by atoms with Gasteiger partial charge in [0.1, 0.15) is 29.4 Å². The molecule has 234 valence electrons. The number of alkyl halides is 4. The fourth-order valence-corrected chi connectivity index (χ4v) is 5.24. The molecule has 2 aromatic carbocycles. The minimum atomic E-state index is -5.41. The molecular formula is C32H26F5N3O5. The van der Waals surface area contributed by atoms with Crippen molar-refractivity contribution in [2.75, 3.05) is 6.61 Å². The summed E-state index contributed by atoms with van der Waals surface area (Å²) in [6.45, 7) is 0.854. The van der Waals surface area contributed by atoms with Crippen LogP contribution >= 0.6 is 0 Å². The second-order valence-electron chi connectivity index (χ2n) is 11.4. The van der Waals surface area contributed by atoms with Gasteiger partial charge in [0.2, 0.25) is 5.60 Å². The molecule has 0 unspecified atom stereocenters. The number of hydrogen-bond donors (Lipinski definition) is 2. The Hall–Kier alpha value is -4.65. The lowest BCUT2D eigenvalue weighted by Gasteiger charge is -2.31. The highest BCUT2D eigenvalue weighted by Gasteiger charge is 2.58. The minimum absolute atomic E-state index is 0.0204. The summed E-state index contributed by atoms with van der Waals surface area (Å²) in [5.74, 6) is -2.99. The van der Waals surface area contributed by atoms with Gasteiger partial charge in [0.15, 0.2) is 11.5 Å². The van der Waals surface area contributed by atoms with Crippen molar-refractivity contribution in [1.29, 1.82) is 0 Å². The highest BCUT2D eigenvalue weighted by molar-refractivity contribution is 6.01. The van der Waals surface area contributed by atoms with Crippen LogP contribution in [0.25, 0.3) is 22.2 Å². The number of hydrogen-bond acceptors (Lipinski definition) is 7. The predicted octanol–water partition coefficient (Wildman–Crippen LogP) is 5.74.